The lowest BCUT2D eigenvalue weighted by molar-refractivity contribution is 0.102. The van der Waals surface area contributed by atoms with Crippen LogP contribution >= 0.6 is 11.6 Å². The Bertz CT molecular complexity index is 941. The van der Waals surface area contributed by atoms with Gasteiger partial charge in [0.25, 0.3) is 5.91 Å². The highest BCUT2D eigenvalue weighted by Gasteiger charge is 2.15. The maximum absolute atomic E-state index is 14.4. The molecule has 1 amide bonds. The highest BCUT2D eigenvalue weighted by Crippen LogP contribution is 2.26. The molecular formula is C18H14ClFN4O. The van der Waals surface area contributed by atoms with Crippen molar-refractivity contribution in [2.45, 2.75) is 13.8 Å². The lowest BCUT2D eigenvalue weighted by Crippen LogP contribution is -2.15. The third kappa shape index (κ3) is 3.80. The Morgan fingerprint density at radius 2 is 1.96 bits per heavy atom. The lowest BCUT2D eigenvalue weighted by Gasteiger charge is -2.09. The number of hydrogen-bond acceptors (Lipinski definition) is 4. The van der Waals surface area contributed by atoms with E-state index in [9.17, 15) is 9.18 Å². The highest BCUT2D eigenvalue weighted by atomic mass is 35.5. The van der Waals surface area contributed by atoms with Crippen molar-refractivity contribution in [3.05, 3.63) is 70.5 Å². The van der Waals surface area contributed by atoms with Gasteiger partial charge in [-0.25, -0.2) is 14.4 Å². The van der Waals surface area contributed by atoms with E-state index >= 15 is 0 Å². The number of carbonyl (C=O) groups is 1. The molecule has 0 fully saturated rings. The first-order valence-corrected chi connectivity index (χ1v) is 7.86. The lowest BCUT2D eigenvalue weighted by atomic mass is 10.1. The van der Waals surface area contributed by atoms with Crippen molar-refractivity contribution in [3.8, 4) is 11.3 Å². The van der Waals surface area contributed by atoms with Gasteiger partial charge in [-0.1, -0.05) is 17.7 Å². The molecule has 3 aromatic rings. The summed E-state index contributed by atoms with van der Waals surface area (Å²) in [5, 5.41) is 2.99. The Morgan fingerprint density at radius 1 is 1.16 bits per heavy atom. The van der Waals surface area contributed by atoms with Crippen LogP contribution in [0.25, 0.3) is 11.3 Å². The number of rotatable bonds is 3. The zero-order chi connectivity index (χ0) is 18.0. The van der Waals surface area contributed by atoms with E-state index in [0.29, 0.717) is 33.6 Å². The Morgan fingerprint density at radius 3 is 2.64 bits per heavy atom. The van der Waals surface area contributed by atoms with Crippen molar-refractivity contribution in [1.82, 2.24) is 15.0 Å². The number of pyridine rings is 1. The summed E-state index contributed by atoms with van der Waals surface area (Å²) in [5.74, 6) is -0.407. The summed E-state index contributed by atoms with van der Waals surface area (Å²) >= 11 is 6.07. The molecule has 0 bridgehead atoms. The third-order valence-corrected chi connectivity index (χ3v) is 3.76. The second-order valence-corrected chi connectivity index (χ2v) is 5.83. The maximum atomic E-state index is 14.4. The molecule has 0 atom stereocenters. The van der Waals surface area contributed by atoms with Gasteiger partial charge in [0.1, 0.15) is 17.5 Å². The van der Waals surface area contributed by atoms with Crippen molar-refractivity contribution in [2.24, 2.45) is 0 Å². The van der Waals surface area contributed by atoms with Gasteiger partial charge in [-0.15, -0.1) is 0 Å². The molecule has 2 heterocycles. The van der Waals surface area contributed by atoms with E-state index in [1.54, 1.807) is 44.3 Å². The fourth-order valence-electron chi connectivity index (χ4n) is 2.41. The SMILES string of the molecule is Cc1cc(NC(=O)c2ccc(-c3ncccc3Cl)cc2F)nc(C)n1. The number of anilines is 1. The monoisotopic (exact) mass is 356 g/mol. The summed E-state index contributed by atoms with van der Waals surface area (Å²) in [7, 11) is 0. The molecule has 25 heavy (non-hydrogen) atoms. The number of nitrogens with one attached hydrogen (secondary N) is 1. The minimum atomic E-state index is -0.667. The second kappa shape index (κ2) is 6.94. The quantitative estimate of drug-likeness (QED) is 0.763. The molecule has 5 nitrogen and oxygen atoms in total. The Labute approximate surface area is 148 Å². The van der Waals surface area contributed by atoms with Crippen molar-refractivity contribution < 1.29 is 9.18 Å². The standard InChI is InChI=1S/C18H14ClFN4O/c1-10-8-16(23-11(2)22-10)24-18(25)13-6-5-12(9-15(13)20)17-14(19)4-3-7-21-17/h3-9H,1-2H3,(H,22,23,24,25). The average molecular weight is 357 g/mol. The minimum Gasteiger partial charge on any atom is -0.306 e. The number of amides is 1. The number of halogens is 2. The average Bonchev–Trinajstić information content (AvgIpc) is 2.54. The molecule has 0 saturated carbocycles. The molecule has 0 spiro atoms. The van der Waals surface area contributed by atoms with Crippen LogP contribution in [0.15, 0.2) is 42.6 Å². The van der Waals surface area contributed by atoms with Gasteiger partial charge < -0.3 is 5.32 Å². The topological polar surface area (TPSA) is 67.8 Å². The summed E-state index contributed by atoms with van der Waals surface area (Å²) < 4.78 is 14.4. The van der Waals surface area contributed by atoms with Crippen molar-refractivity contribution in [1.29, 1.82) is 0 Å². The molecule has 1 aromatic carbocycles. The minimum absolute atomic E-state index is 0.0929. The molecule has 0 unspecified atom stereocenters. The summed E-state index contributed by atoms with van der Waals surface area (Å²) in [5.41, 5.74) is 1.57. The Balaban J connectivity index is 1.88. The zero-order valence-corrected chi connectivity index (χ0v) is 14.3. The van der Waals surface area contributed by atoms with Gasteiger partial charge in [-0.3, -0.25) is 9.78 Å². The maximum Gasteiger partial charge on any atom is 0.259 e. The number of carbonyl (C=O) groups excluding carboxylic acids is 1. The first kappa shape index (κ1) is 17.0. The van der Waals surface area contributed by atoms with Crippen molar-refractivity contribution in [3.63, 3.8) is 0 Å². The van der Waals surface area contributed by atoms with E-state index in [0.717, 1.165) is 0 Å². The van der Waals surface area contributed by atoms with Crippen LogP contribution in [-0.2, 0) is 0 Å². The predicted octanol–water partition coefficient (Wildman–Crippen LogP) is 4.20. The number of benzene rings is 1. The molecule has 0 saturated heterocycles. The number of hydrogen-bond donors (Lipinski definition) is 1. The molecule has 0 aliphatic rings. The second-order valence-electron chi connectivity index (χ2n) is 5.42. The first-order valence-electron chi connectivity index (χ1n) is 7.48. The molecule has 7 heteroatoms. The smallest absolute Gasteiger partial charge is 0.259 e. The normalized spacial score (nSPS) is 10.6. The molecule has 3 rings (SSSR count). The van der Waals surface area contributed by atoms with Crippen LogP contribution < -0.4 is 5.32 Å². The molecular weight excluding hydrogens is 343 g/mol. The van der Waals surface area contributed by atoms with Gasteiger partial charge in [0.2, 0.25) is 0 Å². The first-order chi connectivity index (χ1) is 11.9. The molecule has 2 aromatic heterocycles. The van der Waals surface area contributed by atoms with Gasteiger partial charge >= 0.3 is 0 Å². The third-order valence-electron chi connectivity index (χ3n) is 3.45. The van der Waals surface area contributed by atoms with Crippen LogP contribution in [0.2, 0.25) is 5.02 Å². The van der Waals surface area contributed by atoms with E-state index in [-0.39, 0.29) is 5.56 Å². The molecule has 0 aliphatic heterocycles. The van der Waals surface area contributed by atoms with Gasteiger partial charge in [-0.05, 0) is 38.1 Å². The van der Waals surface area contributed by atoms with E-state index < -0.39 is 11.7 Å². The van der Waals surface area contributed by atoms with Gasteiger partial charge in [-0.2, -0.15) is 0 Å². The summed E-state index contributed by atoms with van der Waals surface area (Å²) in [6.07, 6.45) is 1.57. The summed E-state index contributed by atoms with van der Waals surface area (Å²) in [6, 6.07) is 9.21. The fourth-order valence-corrected chi connectivity index (χ4v) is 2.64. The van der Waals surface area contributed by atoms with Crippen LogP contribution in [0.1, 0.15) is 21.9 Å². The van der Waals surface area contributed by atoms with Gasteiger partial charge in [0.15, 0.2) is 0 Å². The molecule has 0 aliphatic carbocycles. The van der Waals surface area contributed by atoms with Gasteiger partial charge in [0, 0.05) is 23.5 Å². The van der Waals surface area contributed by atoms with Crippen LogP contribution in [0.4, 0.5) is 10.2 Å². The molecule has 0 radical (unpaired) electrons. The van der Waals surface area contributed by atoms with Gasteiger partial charge in [0.05, 0.1) is 16.3 Å². The van der Waals surface area contributed by atoms with E-state index in [4.69, 9.17) is 11.6 Å². The predicted molar refractivity (Wildman–Crippen MR) is 94.1 cm³/mol. The Kier molecular flexibility index (Phi) is 4.72. The van der Waals surface area contributed by atoms with E-state index in [1.165, 1.54) is 12.1 Å². The fraction of sp³-hybridized carbons (Fsp3) is 0.111. The van der Waals surface area contributed by atoms with Crippen LogP contribution in [0.5, 0.6) is 0 Å². The number of nitrogens with zero attached hydrogens (tertiary/aromatic N) is 3. The van der Waals surface area contributed by atoms with Crippen LogP contribution in [0.3, 0.4) is 0 Å². The van der Waals surface area contributed by atoms with E-state index in [2.05, 4.69) is 20.3 Å². The van der Waals surface area contributed by atoms with Crippen molar-refractivity contribution >= 4 is 23.3 Å². The molecule has 1 N–H and O–H groups in total. The van der Waals surface area contributed by atoms with E-state index in [1.807, 2.05) is 0 Å². The van der Waals surface area contributed by atoms with Crippen molar-refractivity contribution in [2.75, 3.05) is 5.32 Å². The molecule has 126 valence electrons. The summed E-state index contributed by atoms with van der Waals surface area (Å²) in [4.78, 5) is 24.7. The zero-order valence-electron chi connectivity index (χ0n) is 13.5. The number of aryl methyl sites for hydroxylation is 2. The summed E-state index contributed by atoms with van der Waals surface area (Å²) in [6.45, 7) is 3.50. The number of aromatic nitrogens is 3. The highest BCUT2D eigenvalue weighted by molar-refractivity contribution is 6.33. The largest absolute Gasteiger partial charge is 0.306 e. The van der Waals surface area contributed by atoms with Crippen LogP contribution in [-0.4, -0.2) is 20.9 Å². The Hall–Kier alpha value is -2.86. The van der Waals surface area contributed by atoms with Crippen LogP contribution in [0, 0.1) is 19.7 Å².